The number of hydrogen-bond acceptors (Lipinski definition) is 2. The van der Waals surface area contributed by atoms with Crippen LogP contribution in [-0.4, -0.2) is 12.8 Å². The smallest absolute Gasteiger partial charge is 0.0345 e. The van der Waals surface area contributed by atoms with Crippen molar-refractivity contribution in [2.75, 3.05) is 12.8 Å². The quantitative estimate of drug-likeness (QED) is 0.716. The van der Waals surface area contributed by atoms with Crippen molar-refractivity contribution in [3.05, 3.63) is 29.8 Å². The van der Waals surface area contributed by atoms with Crippen LogP contribution >= 0.6 is 11.8 Å². The van der Waals surface area contributed by atoms with E-state index in [1.165, 1.54) is 23.3 Å². The molecular formula is C15H25NS. The summed E-state index contributed by atoms with van der Waals surface area (Å²) in [6.45, 7) is 6.75. The second-order valence-corrected chi connectivity index (χ2v) is 5.68. The summed E-state index contributed by atoms with van der Waals surface area (Å²) in [7, 11) is 2.07. The van der Waals surface area contributed by atoms with Crippen molar-refractivity contribution in [2.24, 2.45) is 5.92 Å². The van der Waals surface area contributed by atoms with Crippen LogP contribution in [-0.2, 0) is 0 Å². The highest BCUT2D eigenvalue weighted by atomic mass is 32.2. The Morgan fingerprint density at radius 3 is 2.06 bits per heavy atom. The van der Waals surface area contributed by atoms with E-state index in [0.29, 0.717) is 6.04 Å². The highest BCUT2D eigenvalue weighted by molar-refractivity contribution is 7.99. The zero-order chi connectivity index (χ0) is 12.7. The summed E-state index contributed by atoms with van der Waals surface area (Å²) in [5, 5.41) is 3.46. The topological polar surface area (TPSA) is 12.0 Å². The molecule has 1 rings (SSSR count). The first kappa shape index (κ1) is 14.6. The van der Waals surface area contributed by atoms with Gasteiger partial charge in [-0.1, -0.05) is 45.7 Å². The molecule has 0 aromatic heterocycles. The van der Waals surface area contributed by atoms with E-state index in [-0.39, 0.29) is 0 Å². The van der Waals surface area contributed by atoms with E-state index < -0.39 is 0 Å². The van der Waals surface area contributed by atoms with Gasteiger partial charge in [-0.3, -0.25) is 0 Å². The van der Waals surface area contributed by atoms with E-state index in [4.69, 9.17) is 0 Å². The lowest BCUT2D eigenvalue weighted by Gasteiger charge is -2.25. The predicted octanol–water partition coefficient (Wildman–Crippen LogP) is 4.50. The van der Waals surface area contributed by atoms with Crippen LogP contribution in [0.2, 0.25) is 0 Å². The van der Waals surface area contributed by atoms with Crippen molar-refractivity contribution in [3.63, 3.8) is 0 Å². The summed E-state index contributed by atoms with van der Waals surface area (Å²) in [4.78, 5) is 1.37. The number of benzene rings is 1. The molecule has 0 fully saturated rings. The molecular weight excluding hydrogens is 226 g/mol. The van der Waals surface area contributed by atoms with Crippen LogP contribution in [0.3, 0.4) is 0 Å². The molecule has 0 aliphatic heterocycles. The minimum absolute atomic E-state index is 0.491. The van der Waals surface area contributed by atoms with Gasteiger partial charge in [0.1, 0.15) is 0 Å². The molecule has 17 heavy (non-hydrogen) atoms. The molecule has 1 aromatic rings. The average molecular weight is 251 g/mol. The van der Waals surface area contributed by atoms with Gasteiger partial charge in [0.2, 0.25) is 0 Å². The minimum Gasteiger partial charge on any atom is -0.313 e. The third kappa shape index (κ3) is 4.04. The van der Waals surface area contributed by atoms with Crippen molar-refractivity contribution in [1.29, 1.82) is 0 Å². The number of nitrogens with one attached hydrogen (secondary N) is 1. The fourth-order valence-electron chi connectivity index (χ4n) is 2.37. The molecule has 1 N–H and O–H groups in total. The average Bonchev–Trinajstić information content (AvgIpc) is 2.37. The molecule has 0 heterocycles. The Bertz CT molecular complexity index is 303. The van der Waals surface area contributed by atoms with Gasteiger partial charge < -0.3 is 5.32 Å². The van der Waals surface area contributed by atoms with Crippen LogP contribution in [0, 0.1) is 5.92 Å². The van der Waals surface area contributed by atoms with Crippen LogP contribution in [0.1, 0.15) is 45.2 Å². The van der Waals surface area contributed by atoms with Crippen LogP contribution in [0.25, 0.3) is 0 Å². The first-order chi connectivity index (χ1) is 8.26. The lowest BCUT2D eigenvalue weighted by Crippen LogP contribution is -2.24. The van der Waals surface area contributed by atoms with E-state index in [2.05, 4.69) is 57.4 Å². The molecule has 1 atom stereocenters. The Kier molecular flexibility index (Phi) is 6.68. The fraction of sp³-hybridized carbons (Fsp3) is 0.600. The van der Waals surface area contributed by atoms with Gasteiger partial charge in [-0.15, -0.1) is 11.8 Å². The van der Waals surface area contributed by atoms with Crippen molar-refractivity contribution in [2.45, 2.75) is 44.6 Å². The van der Waals surface area contributed by atoms with Gasteiger partial charge >= 0.3 is 0 Å². The molecule has 0 radical (unpaired) electrons. The molecule has 0 spiro atoms. The maximum Gasteiger partial charge on any atom is 0.0345 e. The molecule has 0 aliphatic rings. The highest BCUT2D eigenvalue weighted by Crippen LogP contribution is 2.28. The summed E-state index contributed by atoms with van der Waals surface area (Å²) in [5.41, 5.74) is 1.42. The molecule has 0 amide bonds. The Labute approximate surface area is 110 Å². The zero-order valence-electron chi connectivity index (χ0n) is 11.5. The predicted molar refractivity (Wildman–Crippen MR) is 78.7 cm³/mol. The van der Waals surface area contributed by atoms with Gasteiger partial charge in [0.25, 0.3) is 0 Å². The van der Waals surface area contributed by atoms with E-state index in [0.717, 1.165) is 11.7 Å². The maximum atomic E-state index is 3.46. The summed E-state index contributed by atoms with van der Waals surface area (Å²) in [5.74, 6) is 1.87. The van der Waals surface area contributed by atoms with Gasteiger partial charge in [-0.05, 0) is 36.4 Å². The first-order valence-electron chi connectivity index (χ1n) is 6.66. The molecule has 96 valence electrons. The van der Waals surface area contributed by atoms with Crippen molar-refractivity contribution in [3.8, 4) is 0 Å². The molecule has 0 saturated carbocycles. The molecule has 0 saturated heterocycles. The lowest BCUT2D eigenvalue weighted by molar-refractivity contribution is 0.359. The lowest BCUT2D eigenvalue weighted by atomic mass is 9.89. The fourth-order valence-corrected chi connectivity index (χ4v) is 3.03. The summed E-state index contributed by atoms with van der Waals surface area (Å²) >= 11 is 1.90. The Morgan fingerprint density at radius 2 is 1.65 bits per heavy atom. The van der Waals surface area contributed by atoms with Crippen molar-refractivity contribution >= 4 is 11.8 Å². The monoisotopic (exact) mass is 251 g/mol. The largest absolute Gasteiger partial charge is 0.313 e. The van der Waals surface area contributed by atoms with E-state index in [9.17, 15) is 0 Å². The van der Waals surface area contributed by atoms with E-state index in [1.54, 1.807) is 0 Å². The van der Waals surface area contributed by atoms with Gasteiger partial charge in [-0.2, -0.15) is 0 Å². The Hall–Kier alpha value is -0.470. The summed E-state index contributed by atoms with van der Waals surface area (Å²) in [6.07, 6.45) is 2.46. The number of hydrogen-bond donors (Lipinski definition) is 1. The highest BCUT2D eigenvalue weighted by Gasteiger charge is 2.18. The second-order valence-electron chi connectivity index (χ2n) is 4.34. The third-order valence-electron chi connectivity index (χ3n) is 3.38. The number of rotatable bonds is 7. The summed E-state index contributed by atoms with van der Waals surface area (Å²) < 4.78 is 0. The van der Waals surface area contributed by atoms with Gasteiger partial charge in [0.15, 0.2) is 0 Å². The second kappa shape index (κ2) is 7.78. The van der Waals surface area contributed by atoms with E-state index in [1.807, 2.05) is 11.8 Å². The van der Waals surface area contributed by atoms with Crippen LogP contribution in [0.15, 0.2) is 29.2 Å². The molecule has 1 nitrogen and oxygen atoms in total. The molecule has 1 unspecified atom stereocenters. The minimum atomic E-state index is 0.491. The molecule has 1 aromatic carbocycles. The molecule has 0 aliphatic carbocycles. The standard InChI is InChI=1S/C15H25NS/c1-5-12(6-2)15(16-4)13-8-10-14(11-9-13)17-7-3/h8-12,15-16H,5-7H2,1-4H3. The zero-order valence-corrected chi connectivity index (χ0v) is 12.3. The van der Waals surface area contributed by atoms with Crippen LogP contribution in [0.4, 0.5) is 0 Å². The van der Waals surface area contributed by atoms with Gasteiger partial charge in [0.05, 0.1) is 0 Å². The Balaban J connectivity index is 2.81. The maximum absolute atomic E-state index is 3.46. The van der Waals surface area contributed by atoms with Crippen molar-refractivity contribution in [1.82, 2.24) is 5.32 Å². The SMILES string of the molecule is CCSc1ccc(C(NC)C(CC)CC)cc1. The van der Waals surface area contributed by atoms with Crippen molar-refractivity contribution < 1.29 is 0 Å². The molecule has 2 heteroatoms. The first-order valence-corrected chi connectivity index (χ1v) is 7.65. The van der Waals surface area contributed by atoms with Gasteiger partial charge in [-0.25, -0.2) is 0 Å². The van der Waals surface area contributed by atoms with Crippen LogP contribution < -0.4 is 5.32 Å². The third-order valence-corrected chi connectivity index (χ3v) is 4.28. The van der Waals surface area contributed by atoms with Crippen LogP contribution in [0.5, 0.6) is 0 Å². The summed E-state index contributed by atoms with van der Waals surface area (Å²) in [6, 6.07) is 9.53. The molecule has 0 bridgehead atoms. The Morgan fingerprint density at radius 1 is 1.06 bits per heavy atom. The number of thioether (sulfide) groups is 1. The normalized spacial score (nSPS) is 13.0. The van der Waals surface area contributed by atoms with Gasteiger partial charge in [0, 0.05) is 10.9 Å². The van der Waals surface area contributed by atoms with E-state index >= 15 is 0 Å².